The minimum absolute atomic E-state index is 0.159. The largest absolute Gasteiger partial charge is 0.339 e. The number of nitrogens with zero attached hydrogens (tertiary/aromatic N) is 2. The molecule has 1 aromatic rings. The van der Waals surface area contributed by atoms with Crippen molar-refractivity contribution in [1.82, 2.24) is 9.80 Å². The molecule has 2 aliphatic rings. The van der Waals surface area contributed by atoms with Crippen LogP contribution in [0.5, 0.6) is 0 Å². The number of amides is 2. The van der Waals surface area contributed by atoms with Crippen LogP contribution in [0.2, 0.25) is 0 Å². The van der Waals surface area contributed by atoms with Crippen LogP contribution < -0.4 is 0 Å². The Morgan fingerprint density at radius 2 is 1.96 bits per heavy atom. The molecule has 0 unspecified atom stereocenters. The first-order valence-corrected chi connectivity index (χ1v) is 8.01. The lowest BCUT2D eigenvalue weighted by atomic mass is 9.77. The minimum atomic E-state index is -0.407. The Balaban J connectivity index is 1.66. The van der Waals surface area contributed by atoms with Crippen molar-refractivity contribution in [3.63, 3.8) is 0 Å². The topological polar surface area (TPSA) is 40.6 Å². The molecule has 0 atom stereocenters. The average Bonchev–Trinajstić information content (AvgIpc) is 2.85. The zero-order chi connectivity index (χ0) is 16.4. The zero-order valence-corrected chi connectivity index (χ0v) is 13.1. The highest BCUT2D eigenvalue weighted by atomic mass is 19.1. The van der Waals surface area contributed by atoms with Gasteiger partial charge < -0.3 is 9.80 Å². The lowest BCUT2D eigenvalue weighted by molar-refractivity contribution is -0.137. The number of likely N-dealkylation sites (tertiary alicyclic amines) is 2. The minimum Gasteiger partial charge on any atom is -0.339 e. The highest BCUT2D eigenvalue weighted by Gasteiger charge is 2.48. The van der Waals surface area contributed by atoms with E-state index in [1.807, 2.05) is 4.90 Å². The second-order valence-corrected chi connectivity index (χ2v) is 6.37. The van der Waals surface area contributed by atoms with Gasteiger partial charge in [0.15, 0.2) is 0 Å². The molecule has 2 fully saturated rings. The van der Waals surface area contributed by atoms with E-state index in [4.69, 9.17) is 0 Å². The molecule has 0 aromatic heterocycles. The Bertz CT molecular complexity index is 636. The first kappa shape index (κ1) is 15.7. The van der Waals surface area contributed by atoms with Gasteiger partial charge in [0.25, 0.3) is 5.91 Å². The quantitative estimate of drug-likeness (QED) is 0.804. The van der Waals surface area contributed by atoms with Crippen molar-refractivity contribution in [2.24, 2.45) is 5.41 Å². The van der Waals surface area contributed by atoms with E-state index < -0.39 is 5.82 Å². The van der Waals surface area contributed by atoms with Crippen LogP contribution in [0.3, 0.4) is 0 Å². The van der Waals surface area contributed by atoms with Gasteiger partial charge in [-0.1, -0.05) is 12.1 Å². The van der Waals surface area contributed by atoms with Gasteiger partial charge in [-0.25, -0.2) is 4.39 Å². The van der Waals surface area contributed by atoms with Gasteiger partial charge in [0.1, 0.15) is 5.82 Å². The van der Waals surface area contributed by atoms with E-state index in [1.54, 1.807) is 23.1 Å². The second kappa shape index (κ2) is 6.14. The van der Waals surface area contributed by atoms with Crippen LogP contribution in [-0.2, 0) is 4.79 Å². The summed E-state index contributed by atoms with van der Waals surface area (Å²) in [6, 6.07) is 5.76. The van der Waals surface area contributed by atoms with E-state index in [2.05, 4.69) is 6.58 Å². The summed E-state index contributed by atoms with van der Waals surface area (Å²) >= 11 is 0. The molecule has 0 saturated carbocycles. The molecule has 4 nitrogen and oxygen atoms in total. The van der Waals surface area contributed by atoms with Crippen molar-refractivity contribution in [2.45, 2.75) is 19.3 Å². The number of hydrogen-bond acceptors (Lipinski definition) is 2. The van der Waals surface area contributed by atoms with Crippen molar-refractivity contribution in [1.29, 1.82) is 0 Å². The van der Waals surface area contributed by atoms with Crippen LogP contribution >= 0.6 is 0 Å². The Hall–Kier alpha value is -2.17. The van der Waals surface area contributed by atoms with E-state index >= 15 is 0 Å². The van der Waals surface area contributed by atoms with Gasteiger partial charge in [0.05, 0.1) is 5.41 Å². The molecular formula is C18H21FN2O2. The molecule has 0 bridgehead atoms. The zero-order valence-electron chi connectivity index (χ0n) is 13.1. The summed E-state index contributed by atoms with van der Waals surface area (Å²) in [4.78, 5) is 28.6. The molecule has 2 amide bonds. The van der Waals surface area contributed by atoms with Crippen molar-refractivity contribution in [2.75, 3.05) is 26.2 Å². The van der Waals surface area contributed by atoms with Gasteiger partial charge >= 0.3 is 0 Å². The molecule has 122 valence electrons. The number of rotatable bonds is 3. The van der Waals surface area contributed by atoms with Crippen LogP contribution in [0, 0.1) is 11.2 Å². The lowest BCUT2D eigenvalue weighted by Crippen LogP contribution is -2.46. The number of halogens is 1. The monoisotopic (exact) mass is 316 g/mol. The second-order valence-electron chi connectivity index (χ2n) is 6.37. The van der Waals surface area contributed by atoms with E-state index in [0.29, 0.717) is 38.0 Å². The summed E-state index contributed by atoms with van der Waals surface area (Å²) in [7, 11) is 0. The summed E-state index contributed by atoms with van der Waals surface area (Å²) in [6.45, 7) is 6.14. The Morgan fingerprint density at radius 1 is 1.26 bits per heavy atom. The van der Waals surface area contributed by atoms with Crippen LogP contribution in [0.25, 0.3) is 0 Å². The van der Waals surface area contributed by atoms with E-state index in [0.717, 1.165) is 13.0 Å². The molecule has 0 aliphatic carbocycles. The van der Waals surface area contributed by atoms with Crippen molar-refractivity contribution in [3.05, 3.63) is 48.3 Å². The number of piperidine rings is 1. The maximum absolute atomic E-state index is 13.3. The van der Waals surface area contributed by atoms with E-state index in [9.17, 15) is 14.0 Å². The SMILES string of the molecule is C=CCN1CCC2(CCN(C(=O)c3cccc(F)c3)CC2)C1=O. The Labute approximate surface area is 135 Å². The van der Waals surface area contributed by atoms with E-state index in [1.165, 1.54) is 12.1 Å². The molecule has 2 heterocycles. The van der Waals surface area contributed by atoms with Gasteiger partial charge in [-0.05, 0) is 37.5 Å². The summed E-state index contributed by atoms with van der Waals surface area (Å²) in [5.74, 6) is -0.377. The Morgan fingerprint density at radius 3 is 2.61 bits per heavy atom. The van der Waals surface area contributed by atoms with Gasteiger partial charge in [0.2, 0.25) is 5.91 Å². The molecule has 2 saturated heterocycles. The van der Waals surface area contributed by atoms with Gasteiger partial charge in [0, 0.05) is 31.7 Å². The fourth-order valence-corrected chi connectivity index (χ4v) is 3.63. The smallest absolute Gasteiger partial charge is 0.253 e. The highest BCUT2D eigenvalue weighted by molar-refractivity contribution is 5.94. The summed E-state index contributed by atoms with van der Waals surface area (Å²) < 4.78 is 13.3. The van der Waals surface area contributed by atoms with Crippen LogP contribution in [-0.4, -0.2) is 47.8 Å². The molecule has 23 heavy (non-hydrogen) atoms. The summed E-state index contributed by atoms with van der Waals surface area (Å²) in [6.07, 6.45) is 3.96. The van der Waals surface area contributed by atoms with Crippen LogP contribution in [0.15, 0.2) is 36.9 Å². The predicted octanol–water partition coefficient (Wildman–Crippen LogP) is 2.47. The maximum Gasteiger partial charge on any atom is 0.253 e. The molecule has 1 spiro atoms. The normalized spacial score (nSPS) is 20.1. The Kier molecular flexibility index (Phi) is 4.20. The average molecular weight is 316 g/mol. The number of benzene rings is 1. The lowest BCUT2D eigenvalue weighted by Gasteiger charge is -2.38. The third-order valence-corrected chi connectivity index (χ3v) is 5.03. The van der Waals surface area contributed by atoms with Gasteiger partial charge in [-0.3, -0.25) is 9.59 Å². The summed E-state index contributed by atoms with van der Waals surface area (Å²) in [5, 5.41) is 0. The fraction of sp³-hybridized carbons (Fsp3) is 0.444. The van der Waals surface area contributed by atoms with Crippen molar-refractivity contribution < 1.29 is 14.0 Å². The van der Waals surface area contributed by atoms with Crippen LogP contribution in [0.1, 0.15) is 29.6 Å². The molecule has 0 N–H and O–H groups in total. The number of carbonyl (C=O) groups is 2. The first-order chi connectivity index (χ1) is 11.1. The van der Waals surface area contributed by atoms with Crippen molar-refractivity contribution >= 4 is 11.8 Å². The standard InChI is InChI=1S/C18H21FN2O2/c1-2-9-21-12-8-18(17(21)23)6-10-20(11-7-18)16(22)14-4-3-5-15(19)13-14/h2-5,13H,1,6-12H2. The van der Waals surface area contributed by atoms with Gasteiger partial charge in [-0.2, -0.15) is 0 Å². The number of hydrogen-bond donors (Lipinski definition) is 0. The fourth-order valence-electron chi connectivity index (χ4n) is 3.63. The third-order valence-electron chi connectivity index (χ3n) is 5.03. The molecule has 0 radical (unpaired) electrons. The third kappa shape index (κ3) is 2.87. The summed E-state index contributed by atoms with van der Waals surface area (Å²) in [5.41, 5.74) is 0.0498. The predicted molar refractivity (Wildman–Crippen MR) is 85.4 cm³/mol. The molecule has 5 heteroatoms. The van der Waals surface area contributed by atoms with Crippen molar-refractivity contribution in [3.8, 4) is 0 Å². The molecule has 1 aromatic carbocycles. The maximum atomic E-state index is 13.3. The van der Waals surface area contributed by atoms with Gasteiger partial charge in [-0.15, -0.1) is 6.58 Å². The molecule has 3 rings (SSSR count). The molecule has 2 aliphatic heterocycles. The first-order valence-electron chi connectivity index (χ1n) is 8.01. The highest BCUT2D eigenvalue weighted by Crippen LogP contribution is 2.41. The molecular weight excluding hydrogens is 295 g/mol. The number of carbonyl (C=O) groups excluding carboxylic acids is 2. The van der Waals surface area contributed by atoms with Crippen LogP contribution in [0.4, 0.5) is 4.39 Å². The van der Waals surface area contributed by atoms with E-state index in [-0.39, 0.29) is 17.2 Å².